The second kappa shape index (κ2) is 9.12. The molecule has 1 aliphatic heterocycles. The van der Waals surface area contributed by atoms with Crippen molar-refractivity contribution in [2.45, 2.75) is 65.7 Å². The first kappa shape index (κ1) is 20.2. The highest BCUT2D eigenvalue weighted by Gasteiger charge is 2.27. The van der Waals surface area contributed by atoms with Crippen LogP contribution in [0, 0.1) is 17.8 Å². The largest absolute Gasteiger partial charge is 0.368 e. The number of piperazine rings is 1. The third kappa shape index (κ3) is 5.27. The zero-order valence-corrected chi connectivity index (χ0v) is 17.8. The van der Waals surface area contributed by atoms with Crippen molar-refractivity contribution in [2.24, 2.45) is 17.8 Å². The van der Waals surface area contributed by atoms with Gasteiger partial charge in [0.25, 0.3) is 0 Å². The van der Waals surface area contributed by atoms with Crippen molar-refractivity contribution in [3.8, 4) is 0 Å². The molecule has 1 amide bonds. The monoisotopic (exact) mass is 370 g/mol. The molecule has 3 nitrogen and oxygen atoms in total. The fourth-order valence-corrected chi connectivity index (χ4v) is 4.72. The standard InChI is InChI=1S/C24H38N2O/c1-18(2)21-7-5-20(6-8-21)17-24(27)26-15-13-25(14-16-26)23-11-9-22(10-12-23)19(3)4/h9-12,18-21H,5-8,13-17H2,1-4H3. The van der Waals surface area contributed by atoms with E-state index in [0.29, 0.717) is 17.7 Å². The molecular weight excluding hydrogens is 332 g/mol. The minimum atomic E-state index is 0.387. The summed E-state index contributed by atoms with van der Waals surface area (Å²) in [5.41, 5.74) is 2.68. The molecule has 27 heavy (non-hydrogen) atoms. The average molecular weight is 371 g/mol. The lowest BCUT2D eigenvalue weighted by molar-refractivity contribution is -0.132. The van der Waals surface area contributed by atoms with E-state index < -0.39 is 0 Å². The van der Waals surface area contributed by atoms with E-state index in [-0.39, 0.29) is 0 Å². The molecule has 2 fully saturated rings. The second-order valence-electron chi connectivity index (χ2n) is 9.34. The Hall–Kier alpha value is -1.51. The molecule has 1 saturated heterocycles. The van der Waals surface area contributed by atoms with Crippen LogP contribution in [0.25, 0.3) is 0 Å². The summed E-state index contributed by atoms with van der Waals surface area (Å²) in [4.78, 5) is 17.3. The maximum absolute atomic E-state index is 12.8. The van der Waals surface area contributed by atoms with E-state index in [9.17, 15) is 4.79 Å². The van der Waals surface area contributed by atoms with Crippen molar-refractivity contribution in [2.75, 3.05) is 31.1 Å². The van der Waals surface area contributed by atoms with Crippen LogP contribution >= 0.6 is 0 Å². The number of anilines is 1. The maximum atomic E-state index is 12.8. The Labute approximate surface area is 166 Å². The zero-order valence-electron chi connectivity index (χ0n) is 17.8. The number of hydrogen-bond donors (Lipinski definition) is 0. The van der Waals surface area contributed by atoms with Gasteiger partial charge in [0.15, 0.2) is 0 Å². The van der Waals surface area contributed by atoms with Crippen LogP contribution in [-0.2, 0) is 4.79 Å². The smallest absolute Gasteiger partial charge is 0.222 e. The Morgan fingerprint density at radius 1 is 0.926 bits per heavy atom. The first-order valence-corrected chi connectivity index (χ1v) is 11.1. The van der Waals surface area contributed by atoms with Gasteiger partial charge in [-0.15, -0.1) is 0 Å². The fraction of sp³-hybridized carbons (Fsp3) is 0.708. The van der Waals surface area contributed by atoms with Crippen LogP contribution in [0.3, 0.4) is 0 Å². The quantitative estimate of drug-likeness (QED) is 0.701. The van der Waals surface area contributed by atoms with Gasteiger partial charge in [0.05, 0.1) is 0 Å². The molecule has 0 radical (unpaired) electrons. The summed E-state index contributed by atoms with van der Waals surface area (Å²) in [5, 5.41) is 0. The summed E-state index contributed by atoms with van der Waals surface area (Å²) in [7, 11) is 0. The predicted octanol–water partition coefficient (Wildman–Crippen LogP) is 5.31. The number of carbonyl (C=O) groups is 1. The highest BCUT2D eigenvalue weighted by Crippen LogP contribution is 2.35. The third-order valence-corrected chi connectivity index (χ3v) is 6.85. The average Bonchev–Trinajstić information content (AvgIpc) is 2.68. The second-order valence-corrected chi connectivity index (χ2v) is 9.34. The number of rotatable bonds is 5. The van der Waals surface area contributed by atoms with Gasteiger partial charge >= 0.3 is 0 Å². The molecule has 3 rings (SSSR count). The normalized spacial score (nSPS) is 23.9. The minimum Gasteiger partial charge on any atom is -0.368 e. The SMILES string of the molecule is CC(C)c1ccc(N2CCN(C(=O)CC3CCC(C(C)C)CC3)CC2)cc1. The molecule has 3 heteroatoms. The van der Waals surface area contributed by atoms with Crippen LogP contribution in [0.4, 0.5) is 5.69 Å². The molecular formula is C24H38N2O. The van der Waals surface area contributed by atoms with Crippen LogP contribution < -0.4 is 4.90 Å². The van der Waals surface area contributed by atoms with E-state index in [2.05, 4.69) is 61.8 Å². The van der Waals surface area contributed by atoms with Gasteiger partial charge in [-0.2, -0.15) is 0 Å². The van der Waals surface area contributed by atoms with Crippen molar-refractivity contribution < 1.29 is 4.79 Å². The van der Waals surface area contributed by atoms with E-state index in [1.165, 1.54) is 36.9 Å². The predicted molar refractivity (Wildman–Crippen MR) is 114 cm³/mol. The Kier molecular flexibility index (Phi) is 6.83. The Morgan fingerprint density at radius 3 is 2.04 bits per heavy atom. The Balaban J connectivity index is 1.44. The molecule has 0 bridgehead atoms. The van der Waals surface area contributed by atoms with Gasteiger partial charge in [0.1, 0.15) is 0 Å². The van der Waals surface area contributed by atoms with Crippen molar-refractivity contribution in [1.82, 2.24) is 4.90 Å². The number of carbonyl (C=O) groups excluding carboxylic acids is 1. The molecule has 150 valence electrons. The first-order chi connectivity index (χ1) is 12.9. The van der Waals surface area contributed by atoms with Crippen LogP contribution in [0.1, 0.15) is 71.3 Å². The lowest BCUT2D eigenvalue weighted by Crippen LogP contribution is -2.49. The topological polar surface area (TPSA) is 23.6 Å². The molecule has 1 aliphatic carbocycles. The first-order valence-electron chi connectivity index (χ1n) is 11.1. The van der Waals surface area contributed by atoms with E-state index in [0.717, 1.165) is 44.4 Å². The number of benzene rings is 1. The number of hydrogen-bond acceptors (Lipinski definition) is 2. The summed E-state index contributed by atoms with van der Waals surface area (Å²) in [6, 6.07) is 8.95. The van der Waals surface area contributed by atoms with Gasteiger partial charge in [-0.3, -0.25) is 4.79 Å². The zero-order chi connectivity index (χ0) is 19.4. The van der Waals surface area contributed by atoms with E-state index in [4.69, 9.17) is 0 Å². The molecule has 0 aromatic heterocycles. The highest BCUT2D eigenvalue weighted by molar-refractivity contribution is 5.76. The molecule has 2 aliphatic rings. The molecule has 1 aromatic rings. The summed E-state index contributed by atoms with van der Waals surface area (Å²) in [6.45, 7) is 12.8. The molecule has 1 heterocycles. The molecule has 0 N–H and O–H groups in total. The van der Waals surface area contributed by atoms with Crippen molar-refractivity contribution in [3.05, 3.63) is 29.8 Å². The summed E-state index contributed by atoms with van der Waals surface area (Å²) < 4.78 is 0. The minimum absolute atomic E-state index is 0.387. The van der Waals surface area contributed by atoms with E-state index in [1.807, 2.05) is 0 Å². The summed E-state index contributed by atoms with van der Waals surface area (Å²) >= 11 is 0. The van der Waals surface area contributed by atoms with Crippen molar-refractivity contribution in [1.29, 1.82) is 0 Å². The lowest BCUT2D eigenvalue weighted by Gasteiger charge is -2.37. The van der Waals surface area contributed by atoms with Gasteiger partial charge in [-0.05, 0) is 67.1 Å². The molecule has 1 aromatic carbocycles. The van der Waals surface area contributed by atoms with Crippen LogP contribution in [0.2, 0.25) is 0 Å². The molecule has 0 unspecified atom stereocenters. The number of amides is 1. The fourth-order valence-electron chi connectivity index (χ4n) is 4.72. The summed E-state index contributed by atoms with van der Waals surface area (Å²) in [6.07, 6.45) is 5.90. The molecule has 0 atom stereocenters. The lowest BCUT2D eigenvalue weighted by atomic mass is 9.76. The van der Waals surface area contributed by atoms with Gasteiger partial charge < -0.3 is 9.80 Å². The van der Waals surface area contributed by atoms with Gasteiger partial charge in [0.2, 0.25) is 5.91 Å². The van der Waals surface area contributed by atoms with E-state index >= 15 is 0 Å². The van der Waals surface area contributed by atoms with Gasteiger partial charge in [0, 0.05) is 38.3 Å². The van der Waals surface area contributed by atoms with Crippen LogP contribution in [0.15, 0.2) is 24.3 Å². The molecule has 0 spiro atoms. The number of nitrogens with zero attached hydrogens (tertiary/aromatic N) is 2. The van der Waals surface area contributed by atoms with Gasteiger partial charge in [-0.1, -0.05) is 39.8 Å². The Morgan fingerprint density at radius 2 is 1.52 bits per heavy atom. The Bertz CT molecular complexity index is 591. The highest BCUT2D eigenvalue weighted by atomic mass is 16.2. The third-order valence-electron chi connectivity index (χ3n) is 6.85. The molecule has 1 saturated carbocycles. The van der Waals surface area contributed by atoms with Crippen molar-refractivity contribution in [3.63, 3.8) is 0 Å². The van der Waals surface area contributed by atoms with Crippen LogP contribution in [-0.4, -0.2) is 37.0 Å². The van der Waals surface area contributed by atoms with Gasteiger partial charge in [-0.25, -0.2) is 0 Å². The van der Waals surface area contributed by atoms with Crippen LogP contribution in [0.5, 0.6) is 0 Å². The van der Waals surface area contributed by atoms with Crippen molar-refractivity contribution >= 4 is 11.6 Å². The maximum Gasteiger partial charge on any atom is 0.222 e. The van der Waals surface area contributed by atoms with E-state index in [1.54, 1.807) is 0 Å². The summed E-state index contributed by atoms with van der Waals surface area (Å²) in [5.74, 6) is 3.25.